The van der Waals surface area contributed by atoms with E-state index in [0.717, 1.165) is 0 Å². The second-order valence-electron chi connectivity index (χ2n) is 4.57. The molecule has 0 aliphatic carbocycles. The fraction of sp³-hybridized carbons (Fsp3) is 0.400. The lowest BCUT2D eigenvalue weighted by molar-refractivity contribution is -0.145. The summed E-state index contributed by atoms with van der Waals surface area (Å²) in [6.07, 6.45) is -0.454. The first-order valence-electron chi connectivity index (χ1n) is 6.88. The van der Waals surface area contributed by atoms with E-state index in [9.17, 15) is 14.4 Å². The molecular formula is C15H19NO6. The highest BCUT2D eigenvalue weighted by Crippen LogP contribution is 2.13. The Hall–Kier alpha value is -2.41. The number of benzene rings is 1. The van der Waals surface area contributed by atoms with Crippen LogP contribution in [0.3, 0.4) is 0 Å². The van der Waals surface area contributed by atoms with Crippen LogP contribution < -0.4 is 10.1 Å². The molecule has 0 heterocycles. The van der Waals surface area contributed by atoms with Crippen LogP contribution >= 0.6 is 0 Å². The predicted octanol–water partition coefficient (Wildman–Crippen LogP) is 1.18. The molecule has 7 heteroatoms. The van der Waals surface area contributed by atoms with E-state index >= 15 is 0 Å². The molecule has 0 bridgehead atoms. The molecule has 22 heavy (non-hydrogen) atoms. The standard InChI is InChI=1S/C15H19NO6/c1-2-22-11-5-3-10(4-6-11)13(17)7-8-16-12(15(20)21)9-14(18)19/h3-6,12,16H,2,7-9H2,1H3,(H,18,19)(H,20,21). The van der Waals surface area contributed by atoms with Crippen molar-refractivity contribution in [2.75, 3.05) is 13.2 Å². The van der Waals surface area contributed by atoms with E-state index in [1.165, 1.54) is 0 Å². The Labute approximate surface area is 127 Å². The minimum Gasteiger partial charge on any atom is -0.494 e. The lowest BCUT2D eigenvalue weighted by atomic mass is 10.1. The molecule has 0 aliphatic heterocycles. The summed E-state index contributed by atoms with van der Waals surface area (Å²) in [5.41, 5.74) is 0.496. The van der Waals surface area contributed by atoms with Crippen LogP contribution in [0.25, 0.3) is 0 Å². The van der Waals surface area contributed by atoms with E-state index in [1.807, 2.05) is 6.92 Å². The smallest absolute Gasteiger partial charge is 0.321 e. The van der Waals surface area contributed by atoms with Gasteiger partial charge in [-0.25, -0.2) is 0 Å². The third-order valence-corrected chi connectivity index (χ3v) is 2.91. The van der Waals surface area contributed by atoms with Gasteiger partial charge < -0.3 is 20.3 Å². The molecule has 3 N–H and O–H groups in total. The first-order chi connectivity index (χ1) is 10.4. The van der Waals surface area contributed by atoms with Crippen molar-refractivity contribution in [1.82, 2.24) is 5.32 Å². The van der Waals surface area contributed by atoms with Gasteiger partial charge in [-0.3, -0.25) is 14.4 Å². The van der Waals surface area contributed by atoms with Gasteiger partial charge in [0.25, 0.3) is 0 Å². The van der Waals surface area contributed by atoms with Gasteiger partial charge in [0.05, 0.1) is 13.0 Å². The predicted molar refractivity (Wildman–Crippen MR) is 78.2 cm³/mol. The molecule has 1 aromatic rings. The molecular weight excluding hydrogens is 290 g/mol. The molecule has 0 aliphatic rings. The second-order valence-corrected chi connectivity index (χ2v) is 4.57. The van der Waals surface area contributed by atoms with Crippen molar-refractivity contribution >= 4 is 17.7 Å². The van der Waals surface area contributed by atoms with Crippen LogP contribution in [0.1, 0.15) is 30.1 Å². The zero-order valence-corrected chi connectivity index (χ0v) is 12.2. The molecule has 0 spiro atoms. The van der Waals surface area contributed by atoms with Crippen LogP contribution in [0, 0.1) is 0 Å². The van der Waals surface area contributed by atoms with Gasteiger partial charge in [0.15, 0.2) is 5.78 Å². The molecule has 0 saturated carbocycles. The topological polar surface area (TPSA) is 113 Å². The zero-order chi connectivity index (χ0) is 16.5. The largest absolute Gasteiger partial charge is 0.494 e. The molecule has 0 saturated heterocycles. The number of carbonyl (C=O) groups is 3. The summed E-state index contributed by atoms with van der Waals surface area (Å²) >= 11 is 0. The SMILES string of the molecule is CCOc1ccc(C(=O)CCNC(CC(=O)O)C(=O)O)cc1. The van der Waals surface area contributed by atoms with Crippen molar-refractivity contribution in [2.45, 2.75) is 25.8 Å². The first kappa shape index (κ1) is 17.6. The number of ketones is 1. The van der Waals surface area contributed by atoms with Gasteiger partial charge in [-0.1, -0.05) is 0 Å². The van der Waals surface area contributed by atoms with Crippen LogP contribution in [0.5, 0.6) is 5.75 Å². The van der Waals surface area contributed by atoms with Crippen LogP contribution in [0.15, 0.2) is 24.3 Å². The lowest BCUT2D eigenvalue weighted by Gasteiger charge is -2.11. The molecule has 7 nitrogen and oxygen atoms in total. The number of hydrogen-bond donors (Lipinski definition) is 3. The van der Waals surface area contributed by atoms with E-state index in [4.69, 9.17) is 14.9 Å². The third-order valence-electron chi connectivity index (χ3n) is 2.91. The number of rotatable bonds is 10. The van der Waals surface area contributed by atoms with Gasteiger partial charge in [-0.05, 0) is 31.2 Å². The van der Waals surface area contributed by atoms with Crippen molar-refractivity contribution in [3.05, 3.63) is 29.8 Å². The van der Waals surface area contributed by atoms with Gasteiger partial charge in [0, 0.05) is 18.5 Å². The summed E-state index contributed by atoms with van der Waals surface area (Å²) in [4.78, 5) is 33.3. The maximum atomic E-state index is 11.9. The fourth-order valence-corrected chi connectivity index (χ4v) is 1.83. The minimum absolute atomic E-state index is 0.0807. The maximum Gasteiger partial charge on any atom is 0.321 e. The molecule has 1 rings (SSSR count). The van der Waals surface area contributed by atoms with Crippen molar-refractivity contribution in [2.24, 2.45) is 0 Å². The van der Waals surface area contributed by atoms with E-state index in [-0.39, 0.29) is 18.7 Å². The fourth-order valence-electron chi connectivity index (χ4n) is 1.83. The van der Waals surface area contributed by atoms with Gasteiger partial charge in [0.2, 0.25) is 0 Å². The number of ether oxygens (including phenoxy) is 1. The summed E-state index contributed by atoms with van der Waals surface area (Å²) in [6, 6.07) is 5.45. The molecule has 1 atom stereocenters. The molecule has 0 aromatic heterocycles. The number of carboxylic acid groups (broad SMARTS) is 2. The highest BCUT2D eigenvalue weighted by atomic mass is 16.5. The van der Waals surface area contributed by atoms with Crippen molar-refractivity contribution in [3.8, 4) is 5.75 Å². The number of aliphatic carboxylic acids is 2. The van der Waals surface area contributed by atoms with Gasteiger partial charge in [-0.2, -0.15) is 0 Å². The van der Waals surface area contributed by atoms with Crippen molar-refractivity contribution in [3.63, 3.8) is 0 Å². The van der Waals surface area contributed by atoms with E-state index in [0.29, 0.717) is 17.9 Å². The second kappa shape index (κ2) is 8.78. The molecule has 0 fully saturated rings. The molecule has 1 aromatic carbocycles. The number of nitrogens with one attached hydrogen (secondary N) is 1. The van der Waals surface area contributed by atoms with Crippen LogP contribution in [-0.2, 0) is 9.59 Å². The Balaban J connectivity index is 2.47. The van der Waals surface area contributed by atoms with Gasteiger partial charge in [-0.15, -0.1) is 0 Å². The maximum absolute atomic E-state index is 11.9. The van der Waals surface area contributed by atoms with Crippen LogP contribution in [0.4, 0.5) is 0 Å². The number of hydrogen-bond acceptors (Lipinski definition) is 5. The molecule has 0 radical (unpaired) electrons. The summed E-state index contributed by atoms with van der Waals surface area (Å²) in [6.45, 7) is 2.49. The Morgan fingerprint density at radius 2 is 1.82 bits per heavy atom. The Kier molecular flexibility index (Phi) is 7.04. The van der Waals surface area contributed by atoms with Crippen LogP contribution in [0.2, 0.25) is 0 Å². The minimum atomic E-state index is -1.25. The molecule has 0 amide bonds. The summed E-state index contributed by atoms with van der Waals surface area (Å²) in [7, 11) is 0. The molecule has 120 valence electrons. The third kappa shape index (κ3) is 5.92. The molecule has 1 unspecified atom stereocenters. The van der Waals surface area contributed by atoms with E-state index < -0.39 is 24.4 Å². The normalized spacial score (nSPS) is 11.7. The van der Waals surface area contributed by atoms with Crippen LogP contribution in [-0.4, -0.2) is 47.1 Å². The summed E-state index contributed by atoms with van der Waals surface area (Å²) in [5.74, 6) is -1.95. The Morgan fingerprint density at radius 3 is 2.32 bits per heavy atom. The Morgan fingerprint density at radius 1 is 1.18 bits per heavy atom. The average molecular weight is 309 g/mol. The van der Waals surface area contributed by atoms with E-state index in [1.54, 1.807) is 24.3 Å². The van der Waals surface area contributed by atoms with Crippen molar-refractivity contribution in [1.29, 1.82) is 0 Å². The Bertz CT molecular complexity index is 525. The first-order valence-corrected chi connectivity index (χ1v) is 6.88. The highest BCUT2D eigenvalue weighted by Gasteiger charge is 2.20. The van der Waals surface area contributed by atoms with Gasteiger partial charge >= 0.3 is 11.9 Å². The quantitative estimate of drug-likeness (QED) is 0.556. The monoisotopic (exact) mass is 309 g/mol. The summed E-state index contributed by atoms with van der Waals surface area (Å²) < 4.78 is 5.27. The number of Topliss-reactive ketones (excluding diaryl/α,β-unsaturated/α-hetero) is 1. The highest BCUT2D eigenvalue weighted by molar-refractivity contribution is 5.96. The zero-order valence-electron chi connectivity index (χ0n) is 12.2. The van der Waals surface area contributed by atoms with Gasteiger partial charge in [0.1, 0.15) is 11.8 Å². The lowest BCUT2D eigenvalue weighted by Crippen LogP contribution is -2.39. The number of carboxylic acids is 2. The van der Waals surface area contributed by atoms with Crippen molar-refractivity contribution < 1.29 is 29.3 Å². The van der Waals surface area contributed by atoms with E-state index in [2.05, 4.69) is 5.32 Å². The number of carbonyl (C=O) groups excluding carboxylic acids is 1. The summed E-state index contributed by atoms with van der Waals surface area (Å²) in [5, 5.41) is 20.0. The average Bonchev–Trinajstić information content (AvgIpc) is 2.46.